The summed E-state index contributed by atoms with van der Waals surface area (Å²) in [5.41, 5.74) is 6.14. The predicted octanol–water partition coefficient (Wildman–Crippen LogP) is 1.49. The van der Waals surface area contributed by atoms with Crippen LogP contribution < -0.4 is 15.8 Å². The van der Waals surface area contributed by atoms with Crippen LogP contribution in [0.25, 0.3) is 0 Å². The molecule has 1 aromatic carbocycles. The molecule has 0 aliphatic rings. The number of anilines is 1. The minimum absolute atomic E-state index is 0.0437. The number of nitrogens with two attached hydrogens (primary N) is 1. The highest BCUT2D eigenvalue weighted by molar-refractivity contribution is 5.83. The van der Waals surface area contributed by atoms with E-state index in [2.05, 4.69) is 5.32 Å². The molecule has 3 N–H and O–H groups in total. The third-order valence-corrected chi connectivity index (χ3v) is 2.89. The molecule has 0 aliphatic heterocycles. The van der Waals surface area contributed by atoms with Crippen molar-refractivity contribution < 1.29 is 19.1 Å². The summed E-state index contributed by atoms with van der Waals surface area (Å²) in [6, 6.07) is 6.77. The number of amides is 1. The van der Waals surface area contributed by atoms with Gasteiger partial charge in [0.1, 0.15) is 5.75 Å². The van der Waals surface area contributed by atoms with Gasteiger partial charge in [-0.3, -0.25) is 4.79 Å². The molecule has 6 heteroatoms. The first kappa shape index (κ1) is 16.8. The molecule has 0 bridgehead atoms. The summed E-state index contributed by atoms with van der Waals surface area (Å²) in [6.45, 7) is 5.09. The van der Waals surface area contributed by atoms with Crippen LogP contribution in [0.15, 0.2) is 24.3 Å². The maximum absolute atomic E-state index is 11.7. The van der Waals surface area contributed by atoms with Crippen LogP contribution in [0.4, 0.5) is 5.69 Å². The number of nitrogen functional groups attached to an aromatic ring is 1. The Morgan fingerprint density at radius 1 is 1.33 bits per heavy atom. The van der Waals surface area contributed by atoms with Gasteiger partial charge in [-0.25, -0.2) is 4.79 Å². The topological polar surface area (TPSA) is 90.6 Å². The van der Waals surface area contributed by atoms with Gasteiger partial charge in [-0.2, -0.15) is 0 Å². The minimum atomic E-state index is -0.851. The molecule has 0 spiro atoms. The molecule has 0 saturated carbocycles. The fourth-order valence-electron chi connectivity index (χ4n) is 1.49. The molecule has 2 atom stereocenters. The molecule has 0 fully saturated rings. The SMILES string of the molecule is CCC(C)NC(=O)C(C)OC(=O)COc1cccc(N)c1. The van der Waals surface area contributed by atoms with Crippen molar-refractivity contribution in [1.82, 2.24) is 5.32 Å². The van der Waals surface area contributed by atoms with Crippen LogP contribution in [0.2, 0.25) is 0 Å². The van der Waals surface area contributed by atoms with Crippen molar-refractivity contribution in [3.05, 3.63) is 24.3 Å². The van der Waals surface area contributed by atoms with Gasteiger partial charge >= 0.3 is 5.97 Å². The van der Waals surface area contributed by atoms with E-state index in [1.165, 1.54) is 6.92 Å². The first-order valence-electron chi connectivity index (χ1n) is 6.90. The van der Waals surface area contributed by atoms with E-state index in [1.807, 2.05) is 13.8 Å². The molecule has 6 nitrogen and oxygen atoms in total. The second-order valence-corrected chi connectivity index (χ2v) is 4.81. The van der Waals surface area contributed by atoms with Gasteiger partial charge in [-0.15, -0.1) is 0 Å². The Morgan fingerprint density at radius 2 is 2.05 bits per heavy atom. The molecule has 0 heterocycles. The molecule has 0 saturated heterocycles. The molecule has 21 heavy (non-hydrogen) atoms. The Kier molecular flexibility index (Phi) is 6.52. The molecular formula is C15H22N2O4. The first-order chi connectivity index (χ1) is 9.92. The summed E-state index contributed by atoms with van der Waals surface area (Å²) >= 11 is 0. The Balaban J connectivity index is 2.37. The molecule has 1 amide bonds. The predicted molar refractivity (Wildman–Crippen MR) is 79.8 cm³/mol. The molecule has 1 aromatic rings. The van der Waals surface area contributed by atoms with Crippen LogP contribution in [0.5, 0.6) is 5.75 Å². The summed E-state index contributed by atoms with van der Waals surface area (Å²) in [6.07, 6.45) is -0.0405. The van der Waals surface area contributed by atoms with Crippen LogP contribution in [-0.2, 0) is 14.3 Å². The average Bonchev–Trinajstić information content (AvgIpc) is 2.45. The molecule has 0 aromatic heterocycles. The fraction of sp³-hybridized carbons (Fsp3) is 0.467. The molecule has 0 aliphatic carbocycles. The van der Waals surface area contributed by atoms with E-state index in [0.717, 1.165) is 6.42 Å². The van der Waals surface area contributed by atoms with Crippen molar-refractivity contribution in [3.63, 3.8) is 0 Å². The monoisotopic (exact) mass is 294 g/mol. The second-order valence-electron chi connectivity index (χ2n) is 4.81. The highest BCUT2D eigenvalue weighted by Gasteiger charge is 2.19. The van der Waals surface area contributed by atoms with Crippen LogP contribution in [-0.4, -0.2) is 30.6 Å². The zero-order valence-electron chi connectivity index (χ0n) is 12.6. The number of benzene rings is 1. The second kappa shape index (κ2) is 8.14. The van der Waals surface area contributed by atoms with Crippen molar-refractivity contribution in [2.75, 3.05) is 12.3 Å². The van der Waals surface area contributed by atoms with Crippen molar-refractivity contribution in [2.24, 2.45) is 0 Å². The maximum atomic E-state index is 11.7. The Morgan fingerprint density at radius 3 is 2.67 bits per heavy atom. The number of hydrogen-bond donors (Lipinski definition) is 2. The van der Waals surface area contributed by atoms with Crippen molar-refractivity contribution >= 4 is 17.6 Å². The summed E-state index contributed by atoms with van der Waals surface area (Å²) in [7, 11) is 0. The zero-order valence-corrected chi connectivity index (χ0v) is 12.6. The van der Waals surface area contributed by atoms with Gasteiger partial charge in [0, 0.05) is 17.8 Å². The smallest absolute Gasteiger partial charge is 0.344 e. The van der Waals surface area contributed by atoms with E-state index in [1.54, 1.807) is 24.3 Å². The average molecular weight is 294 g/mol. The lowest BCUT2D eigenvalue weighted by atomic mass is 10.2. The lowest BCUT2D eigenvalue weighted by molar-refractivity contribution is -0.156. The van der Waals surface area contributed by atoms with Crippen molar-refractivity contribution in [3.8, 4) is 5.75 Å². The maximum Gasteiger partial charge on any atom is 0.344 e. The Bertz CT molecular complexity index is 490. The van der Waals surface area contributed by atoms with Crippen LogP contribution in [0.3, 0.4) is 0 Å². The lowest BCUT2D eigenvalue weighted by Gasteiger charge is -2.17. The summed E-state index contributed by atoms with van der Waals surface area (Å²) < 4.78 is 10.2. The van der Waals surface area contributed by atoms with Crippen molar-refractivity contribution in [1.29, 1.82) is 0 Å². The number of ether oxygens (including phenoxy) is 2. The Hall–Kier alpha value is -2.24. The van der Waals surface area contributed by atoms with E-state index in [9.17, 15) is 9.59 Å². The van der Waals surface area contributed by atoms with E-state index in [4.69, 9.17) is 15.2 Å². The zero-order chi connectivity index (χ0) is 15.8. The van der Waals surface area contributed by atoms with E-state index in [-0.39, 0.29) is 18.6 Å². The number of carbonyl (C=O) groups is 2. The van der Waals surface area contributed by atoms with E-state index < -0.39 is 12.1 Å². The lowest BCUT2D eigenvalue weighted by Crippen LogP contribution is -2.41. The van der Waals surface area contributed by atoms with Crippen LogP contribution in [0, 0.1) is 0 Å². The summed E-state index contributed by atoms with van der Waals surface area (Å²) in [5.74, 6) is -0.449. The number of hydrogen-bond acceptors (Lipinski definition) is 5. The Labute approximate surface area is 124 Å². The van der Waals surface area contributed by atoms with Gasteiger partial charge in [0.25, 0.3) is 5.91 Å². The summed E-state index contributed by atoms with van der Waals surface area (Å²) in [4.78, 5) is 23.3. The number of rotatable bonds is 7. The van der Waals surface area contributed by atoms with Gasteiger partial charge in [0.15, 0.2) is 12.7 Å². The van der Waals surface area contributed by atoms with Crippen LogP contribution >= 0.6 is 0 Å². The quantitative estimate of drug-likeness (QED) is 0.587. The highest BCUT2D eigenvalue weighted by atomic mass is 16.6. The van der Waals surface area contributed by atoms with Crippen LogP contribution in [0.1, 0.15) is 27.2 Å². The van der Waals surface area contributed by atoms with Gasteiger partial charge in [0.2, 0.25) is 0 Å². The number of esters is 1. The molecule has 0 radical (unpaired) electrons. The minimum Gasteiger partial charge on any atom is -0.482 e. The van der Waals surface area contributed by atoms with E-state index in [0.29, 0.717) is 11.4 Å². The fourth-order valence-corrected chi connectivity index (χ4v) is 1.49. The molecule has 116 valence electrons. The molecule has 1 rings (SSSR count). The largest absolute Gasteiger partial charge is 0.482 e. The van der Waals surface area contributed by atoms with E-state index >= 15 is 0 Å². The van der Waals surface area contributed by atoms with Gasteiger partial charge in [-0.05, 0) is 32.4 Å². The van der Waals surface area contributed by atoms with Gasteiger partial charge < -0.3 is 20.5 Å². The molecular weight excluding hydrogens is 272 g/mol. The highest BCUT2D eigenvalue weighted by Crippen LogP contribution is 2.14. The molecule has 2 unspecified atom stereocenters. The first-order valence-corrected chi connectivity index (χ1v) is 6.90. The standard InChI is InChI=1S/C15H22N2O4/c1-4-10(2)17-15(19)11(3)21-14(18)9-20-13-7-5-6-12(16)8-13/h5-8,10-11H,4,9,16H2,1-3H3,(H,17,19). The normalized spacial score (nSPS) is 13.1. The summed E-state index contributed by atoms with van der Waals surface area (Å²) in [5, 5.41) is 2.74. The third kappa shape index (κ3) is 6.16. The number of nitrogens with one attached hydrogen (secondary N) is 1. The van der Waals surface area contributed by atoms with Crippen molar-refractivity contribution in [2.45, 2.75) is 39.3 Å². The van der Waals surface area contributed by atoms with Gasteiger partial charge in [-0.1, -0.05) is 13.0 Å². The van der Waals surface area contributed by atoms with Gasteiger partial charge in [0.05, 0.1) is 0 Å². The third-order valence-electron chi connectivity index (χ3n) is 2.89. The number of carbonyl (C=O) groups excluding carboxylic acids is 2.